The zero-order chi connectivity index (χ0) is 43.0. The van der Waals surface area contributed by atoms with Crippen molar-refractivity contribution in [1.82, 2.24) is 34.2 Å². The van der Waals surface area contributed by atoms with Crippen molar-refractivity contribution in [3.8, 4) is 5.88 Å². The number of sulfonamides is 1. The lowest BCUT2D eigenvalue weighted by atomic mass is 9.85. The van der Waals surface area contributed by atoms with E-state index in [1.807, 2.05) is 6.92 Å². The Hall–Kier alpha value is -4.65. The molecule has 7 rings (SSSR count). The molecular weight excluding hydrogens is 819 g/mol. The number of alkyl halides is 3. The average molecular weight is 866 g/mol. The predicted molar refractivity (Wildman–Crippen MR) is 209 cm³/mol. The third-order valence-electron chi connectivity index (χ3n) is 12.5. The zero-order valence-electron chi connectivity index (χ0n) is 33.1. The van der Waals surface area contributed by atoms with Gasteiger partial charge in [-0.1, -0.05) is 37.6 Å². The smallest absolute Gasteiger partial charge is 0.411 e. The number of ether oxygens (including phenoxy) is 1. The maximum Gasteiger partial charge on any atom is 0.411 e. The molecular formula is C39H47ClF3N7O8S. The van der Waals surface area contributed by atoms with Crippen LogP contribution in [0.4, 0.5) is 18.0 Å². The van der Waals surface area contributed by atoms with E-state index in [1.165, 1.54) is 20.0 Å². The van der Waals surface area contributed by atoms with Crippen LogP contribution in [0.3, 0.4) is 0 Å². The van der Waals surface area contributed by atoms with Crippen molar-refractivity contribution in [2.45, 2.75) is 120 Å². The van der Waals surface area contributed by atoms with Gasteiger partial charge in [0, 0.05) is 29.8 Å². The van der Waals surface area contributed by atoms with Gasteiger partial charge in [-0.2, -0.15) is 18.2 Å². The molecule has 4 aliphatic rings. The summed E-state index contributed by atoms with van der Waals surface area (Å²) in [5.41, 5.74) is -4.17. The number of aromatic nitrogens is 3. The van der Waals surface area contributed by atoms with E-state index in [4.69, 9.17) is 16.3 Å². The summed E-state index contributed by atoms with van der Waals surface area (Å²) in [6, 6.07) is 1.56. The monoisotopic (exact) mass is 865 g/mol. The van der Waals surface area contributed by atoms with Crippen molar-refractivity contribution >= 4 is 62.1 Å². The van der Waals surface area contributed by atoms with E-state index in [2.05, 4.69) is 20.0 Å². The van der Waals surface area contributed by atoms with Crippen LogP contribution in [0, 0.1) is 17.8 Å². The lowest BCUT2D eigenvalue weighted by molar-refractivity contribution is -0.222. The van der Waals surface area contributed by atoms with E-state index in [-0.39, 0.29) is 41.7 Å². The number of nitrogens with one attached hydrogen (secondary N) is 2. The van der Waals surface area contributed by atoms with Gasteiger partial charge in [0.1, 0.15) is 29.3 Å². The molecule has 3 aromatic rings. The van der Waals surface area contributed by atoms with E-state index < -0.39 is 92.4 Å². The van der Waals surface area contributed by atoms with Crippen LogP contribution in [0.25, 0.3) is 16.7 Å². The lowest BCUT2D eigenvalue weighted by Gasteiger charge is -2.45. The minimum absolute atomic E-state index is 0.0351. The van der Waals surface area contributed by atoms with Crippen molar-refractivity contribution in [3.05, 3.63) is 47.8 Å². The number of nitrogens with zero attached hydrogens (tertiary/aromatic N) is 5. The summed E-state index contributed by atoms with van der Waals surface area (Å²) in [6.07, 6.45) is 0.177. The van der Waals surface area contributed by atoms with Crippen LogP contribution < -0.4 is 14.8 Å². The van der Waals surface area contributed by atoms with Crippen LogP contribution in [-0.4, -0.2) is 108 Å². The number of carboxylic acid groups (broad SMARTS) is 1. The average Bonchev–Trinajstić information content (AvgIpc) is 3.92. The summed E-state index contributed by atoms with van der Waals surface area (Å²) < 4.78 is 79.8. The highest BCUT2D eigenvalue weighted by Crippen LogP contribution is 2.48. The molecule has 20 heteroatoms. The Balaban J connectivity index is 1.31. The second-order valence-electron chi connectivity index (χ2n) is 17.3. The molecule has 2 aliphatic carbocycles. The molecule has 2 saturated carbocycles. The fourth-order valence-corrected chi connectivity index (χ4v) is 9.92. The Kier molecular flexibility index (Phi) is 10.7. The third kappa shape index (κ3) is 7.68. The fourth-order valence-electron chi connectivity index (χ4n) is 8.44. The van der Waals surface area contributed by atoms with Gasteiger partial charge in [0.15, 0.2) is 0 Å². The van der Waals surface area contributed by atoms with E-state index >= 15 is 4.79 Å². The highest BCUT2D eigenvalue weighted by Gasteiger charge is 2.64. The van der Waals surface area contributed by atoms with Gasteiger partial charge in [0.25, 0.3) is 5.91 Å². The molecule has 4 heterocycles. The van der Waals surface area contributed by atoms with Crippen LogP contribution in [-0.2, 0) is 24.4 Å². The number of halogens is 4. The topological polar surface area (TPSA) is 193 Å². The maximum absolute atomic E-state index is 15.1. The zero-order valence-corrected chi connectivity index (χ0v) is 34.7. The first kappa shape index (κ1) is 42.5. The molecule has 0 radical (unpaired) electrons. The number of benzene rings is 1. The molecule has 59 heavy (non-hydrogen) atoms. The van der Waals surface area contributed by atoms with Crippen LogP contribution in [0.5, 0.6) is 5.88 Å². The number of hydrogen-bond donors (Lipinski definition) is 3. The molecule has 3 fully saturated rings. The van der Waals surface area contributed by atoms with Crippen LogP contribution >= 0.6 is 11.6 Å². The first-order chi connectivity index (χ1) is 27.5. The highest BCUT2D eigenvalue weighted by molar-refractivity contribution is 7.91. The number of carbonyl (C=O) groups is 4. The van der Waals surface area contributed by atoms with Crippen molar-refractivity contribution in [2.75, 3.05) is 6.54 Å². The summed E-state index contributed by atoms with van der Waals surface area (Å²) in [5, 5.41) is 14.0. The summed E-state index contributed by atoms with van der Waals surface area (Å²) in [5.74, 6) is -4.42. The molecule has 0 unspecified atom stereocenters. The number of fused-ring (bicyclic) bond motifs is 5. The van der Waals surface area contributed by atoms with Crippen LogP contribution in [0.15, 0.2) is 42.7 Å². The molecule has 4 amide bonds. The molecule has 15 nitrogen and oxygen atoms in total. The normalized spacial score (nSPS) is 28.9. The van der Waals surface area contributed by atoms with Crippen molar-refractivity contribution in [3.63, 3.8) is 0 Å². The van der Waals surface area contributed by atoms with E-state index in [0.29, 0.717) is 55.5 Å². The minimum Gasteiger partial charge on any atom is -0.472 e. The van der Waals surface area contributed by atoms with Crippen LogP contribution in [0.2, 0.25) is 5.02 Å². The van der Waals surface area contributed by atoms with Gasteiger partial charge in [0.05, 0.1) is 22.2 Å². The highest BCUT2D eigenvalue weighted by atomic mass is 35.5. The van der Waals surface area contributed by atoms with Gasteiger partial charge in [-0.15, -0.1) is 0 Å². The van der Waals surface area contributed by atoms with Crippen molar-refractivity contribution < 1.29 is 50.6 Å². The van der Waals surface area contributed by atoms with Gasteiger partial charge in [0.2, 0.25) is 33.5 Å². The summed E-state index contributed by atoms with van der Waals surface area (Å²) in [7, 11) is -4.13. The number of imidazole rings is 1. The second kappa shape index (κ2) is 14.8. The lowest BCUT2D eigenvalue weighted by Crippen LogP contribution is -2.66. The molecule has 0 spiro atoms. The predicted octanol–water partition coefficient (Wildman–Crippen LogP) is 5.46. The molecule has 1 aromatic carbocycles. The van der Waals surface area contributed by atoms with Gasteiger partial charge < -0.3 is 20.1 Å². The number of carbonyl (C=O) groups excluding carboxylic acids is 3. The van der Waals surface area contributed by atoms with Crippen molar-refractivity contribution in [2.24, 2.45) is 17.8 Å². The number of rotatable bonds is 7. The third-order valence-corrected chi connectivity index (χ3v) is 14.9. The van der Waals surface area contributed by atoms with E-state index in [1.54, 1.807) is 40.9 Å². The molecule has 7 atom stereocenters. The van der Waals surface area contributed by atoms with Gasteiger partial charge >= 0.3 is 12.3 Å². The van der Waals surface area contributed by atoms with E-state index in [0.717, 1.165) is 4.90 Å². The Bertz CT molecular complexity index is 2350. The Morgan fingerprint density at radius 1 is 1.15 bits per heavy atom. The number of amides is 4. The fraction of sp³-hybridized carbons (Fsp3) is 0.590. The molecule has 1 saturated heterocycles. The number of hydrogen-bond acceptors (Lipinski definition) is 9. The molecule has 3 N–H and O–H groups in total. The summed E-state index contributed by atoms with van der Waals surface area (Å²) in [6.45, 7) is 5.85. The Labute approximate surface area is 343 Å². The second-order valence-corrected chi connectivity index (χ2v) is 19.9. The largest absolute Gasteiger partial charge is 0.472 e. The standard InChI is InChI=1S/C39H47ClF3N7O8S/c1-21-8-6-7-9-23-19-38(23,33(53)47-59(56,57)37(5)12-13-37)46-30(51)28-18-25(58-31-26-17-24(40)10-11-27(26)48-15-14-44-34(48)45-31)20-49(28)32(52)29(22(2)16-21)50(35(54)55)36(3,4)39(41,42)43/h7,9-11,14-15,17,21-23,25,28-29H,6,8,12-13,16,18-20H2,1-5H3,(H,46,51)(H,47,53)(H,54,55)/t21-,22+,23+,25+,28-,29-,38+/m0/s1. The molecule has 2 aromatic heterocycles. The Morgan fingerprint density at radius 2 is 1.86 bits per heavy atom. The SMILES string of the molecule is C[C@H]1CCC=C[C@@H]2C[C@@]2(C(=O)NS(=O)(=O)C2(C)CC2)NC(=O)[C@@H]2C[C@@H](Oc3nc4nccn4c4ccc(Cl)cc34)CN2C(=O)[C@@H](N(C(=O)O)C(C)(C)C(F)(F)F)[C@H](C)C1. The Morgan fingerprint density at radius 3 is 2.53 bits per heavy atom. The molecule has 2 aliphatic heterocycles. The van der Waals surface area contributed by atoms with Gasteiger partial charge in [-0.05, 0) is 89.3 Å². The van der Waals surface area contributed by atoms with Gasteiger partial charge in [-0.25, -0.2) is 18.2 Å². The van der Waals surface area contributed by atoms with Crippen molar-refractivity contribution in [1.29, 1.82) is 0 Å². The quantitative estimate of drug-likeness (QED) is 0.257. The maximum atomic E-state index is 15.1. The first-order valence-electron chi connectivity index (χ1n) is 19.5. The molecule has 0 bridgehead atoms. The molecule has 320 valence electrons. The van der Waals surface area contributed by atoms with Crippen LogP contribution in [0.1, 0.15) is 79.6 Å². The van der Waals surface area contributed by atoms with E-state index in [9.17, 15) is 41.1 Å². The number of allylic oxidation sites excluding steroid dienone is 1. The first-order valence-corrected chi connectivity index (χ1v) is 21.4. The summed E-state index contributed by atoms with van der Waals surface area (Å²) in [4.78, 5) is 66.5. The minimum atomic E-state index is -5.11. The summed E-state index contributed by atoms with van der Waals surface area (Å²) >= 11 is 6.36. The van der Waals surface area contributed by atoms with Gasteiger partial charge in [-0.3, -0.25) is 28.4 Å².